The van der Waals surface area contributed by atoms with Crippen LogP contribution in [0, 0.1) is 6.92 Å². The van der Waals surface area contributed by atoms with Crippen LogP contribution in [0.15, 0.2) is 35.7 Å². The zero-order valence-corrected chi connectivity index (χ0v) is 11.2. The molecule has 0 saturated heterocycles. The molecular formula is C15H17NOS. The van der Waals surface area contributed by atoms with Crippen LogP contribution in [0.1, 0.15) is 33.7 Å². The van der Waals surface area contributed by atoms with Gasteiger partial charge in [0, 0.05) is 4.88 Å². The van der Waals surface area contributed by atoms with Gasteiger partial charge in [-0.1, -0.05) is 24.3 Å². The summed E-state index contributed by atoms with van der Waals surface area (Å²) >= 11 is 1.72. The number of fused-ring (bicyclic) bond motifs is 1. The predicted molar refractivity (Wildman–Crippen MR) is 74.8 cm³/mol. The third kappa shape index (κ3) is 1.99. The average molecular weight is 259 g/mol. The molecular weight excluding hydrogens is 242 g/mol. The highest BCUT2D eigenvalue weighted by Crippen LogP contribution is 2.38. The first-order valence-electron chi connectivity index (χ1n) is 6.26. The summed E-state index contributed by atoms with van der Waals surface area (Å²) in [6, 6.07) is 10.5. The molecule has 0 aliphatic carbocycles. The van der Waals surface area contributed by atoms with Gasteiger partial charge in [-0.3, -0.25) is 0 Å². The quantitative estimate of drug-likeness (QED) is 0.897. The third-order valence-electron chi connectivity index (χ3n) is 3.56. The van der Waals surface area contributed by atoms with Crippen LogP contribution < -0.4 is 5.73 Å². The van der Waals surface area contributed by atoms with E-state index in [9.17, 15) is 0 Å². The van der Waals surface area contributed by atoms with Gasteiger partial charge in [-0.2, -0.15) is 0 Å². The second-order valence-electron chi connectivity index (χ2n) is 4.73. The maximum absolute atomic E-state index is 6.42. The molecule has 18 heavy (non-hydrogen) atoms. The van der Waals surface area contributed by atoms with Crippen LogP contribution in [0.25, 0.3) is 0 Å². The van der Waals surface area contributed by atoms with Crippen molar-refractivity contribution in [3.8, 4) is 0 Å². The third-order valence-corrected chi connectivity index (χ3v) is 4.68. The molecule has 0 bridgehead atoms. The van der Waals surface area contributed by atoms with Crippen molar-refractivity contribution in [2.45, 2.75) is 25.5 Å². The number of thiophene rings is 1. The van der Waals surface area contributed by atoms with E-state index < -0.39 is 0 Å². The summed E-state index contributed by atoms with van der Waals surface area (Å²) in [5, 5.41) is 2.10. The standard InChI is InChI=1S/C15H17NOS/c1-10-7-9-18-15(10)13(16)14-12-5-3-2-4-11(12)6-8-17-14/h2-5,7,9,13-14H,6,8,16H2,1H3. The van der Waals surface area contributed by atoms with Crippen LogP contribution in [-0.4, -0.2) is 6.61 Å². The molecule has 1 aromatic heterocycles. The highest BCUT2D eigenvalue weighted by Gasteiger charge is 2.28. The SMILES string of the molecule is Cc1ccsc1C(N)C1OCCc2ccccc21. The normalized spacial score (nSPS) is 20.4. The lowest BCUT2D eigenvalue weighted by Gasteiger charge is -2.30. The Hall–Kier alpha value is -1.16. The Morgan fingerprint density at radius 2 is 2.17 bits per heavy atom. The first kappa shape index (κ1) is 11.9. The summed E-state index contributed by atoms with van der Waals surface area (Å²) in [5.74, 6) is 0. The molecule has 0 radical (unpaired) electrons. The molecule has 1 aromatic carbocycles. The summed E-state index contributed by atoms with van der Waals surface area (Å²) in [6.07, 6.45) is 0.982. The van der Waals surface area contributed by atoms with Crippen molar-refractivity contribution in [2.75, 3.05) is 6.61 Å². The highest BCUT2D eigenvalue weighted by molar-refractivity contribution is 7.10. The highest BCUT2D eigenvalue weighted by atomic mass is 32.1. The van der Waals surface area contributed by atoms with Crippen molar-refractivity contribution in [3.63, 3.8) is 0 Å². The smallest absolute Gasteiger partial charge is 0.103 e. The summed E-state index contributed by atoms with van der Waals surface area (Å²) < 4.78 is 5.93. The van der Waals surface area contributed by atoms with Crippen molar-refractivity contribution in [1.82, 2.24) is 0 Å². The zero-order valence-electron chi connectivity index (χ0n) is 10.4. The number of aryl methyl sites for hydroxylation is 1. The van der Waals surface area contributed by atoms with Gasteiger partial charge < -0.3 is 10.5 Å². The number of hydrogen-bond acceptors (Lipinski definition) is 3. The minimum Gasteiger partial charge on any atom is -0.371 e. The minimum atomic E-state index is -0.0635. The molecule has 2 nitrogen and oxygen atoms in total. The number of nitrogens with two attached hydrogens (primary N) is 1. The van der Waals surface area contributed by atoms with Crippen LogP contribution in [0.4, 0.5) is 0 Å². The molecule has 0 fully saturated rings. The van der Waals surface area contributed by atoms with E-state index in [1.165, 1.54) is 21.6 Å². The molecule has 2 atom stereocenters. The maximum atomic E-state index is 6.42. The van der Waals surface area contributed by atoms with Gasteiger partial charge in [0.05, 0.1) is 12.6 Å². The predicted octanol–water partition coefficient (Wildman–Crippen LogP) is 3.37. The fourth-order valence-electron chi connectivity index (χ4n) is 2.59. The number of hydrogen-bond donors (Lipinski definition) is 1. The van der Waals surface area contributed by atoms with Gasteiger partial charge in [0.1, 0.15) is 6.10 Å². The molecule has 2 unspecified atom stereocenters. The Kier molecular flexibility index (Phi) is 3.20. The van der Waals surface area contributed by atoms with Gasteiger partial charge in [0.25, 0.3) is 0 Å². The summed E-state index contributed by atoms with van der Waals surface area (Å²) in [5.41, 5.74) is 10.3. The number of rotatable bonds is 2. The van der Waals surface area contributed by atoms with Crippen molar-refractivity contribution >= 4 is 11.3 Å². The van der Waals surface area contributed by atoms with Gasteiger partial charge in [-0.05, 0) is 41.5 Å². The molecule has 3 heteroatoms. The number of benzene rings is 1. The molecule has 2 heterocycles. The molecule has 1 aliphatic rings. The molecule has 0 spiro atoms. The Balaban J connectivity index is 1.97. The Morgan fingerprint density at radius 3 is 2.94 bits per heavy atom. The maximum Gasteiger partial charge on any atom is 0.103 e. The average Bonchev–Trinajstić information content (AvgIpc) is 2.83. The van der Waals surface area contributed by atoms with Gasteiger partial charge in [-0.15, -0.1) is 11.3 Å². The molecule has 2 aromatic rings. The lowest BCUT2D eigenvalue weighted by atomic mass is 9.92. The van der Waals surface area contributed by atoms with E-state index in [0.29, 0.717) is 0 Å². The van der Waals surface area contributed by atoms with E-state index >= 15 is 0 Å². The van der Waals surface area contributed by atoms with Crippen LogP contribution in [0.5, 0.6) is 0 Å². The van der Waals surface area contributed by atoms with E-state index in [4.69, 9.17) is 10.5 Å². The van der Waals surface area contributed by atoms with Crippen molar-refractivity contribution in [2.24, 2.45) is 5.73 Å². The summed E-state index contributed by atoms with van der Waals surface area (Å²) in [4.78, 5) is 1.23. The summed E-state index contributed by atoms with van der Waals surface area (Å²) in [7, 11) is 0. The molecule has 0 saturated carbocycles. The fourth-order valence-corrected chi connectivity index (χ4v) is 3.54. The van der Waals surface area contributed by atoms with E-state index in [0.717, 1.165) is 13.0 Å². The lowest BCUT2D eigenvalue weighted by Crippen LogP contribution is -2.27. The van der Waals surface area contributed by atoms with Gasteiger partial charge in [-0.25, -0.2) is 0 Å². The minimum absolute atomic E-state index is 0.00713. The molecule has 94 valence electrons. The van der Waals surface area contributed by atoms with Crippen LogP contribution in [0.3, 0.4) is 0 Å². The first-order chi connectivity index (χ1) is 8.77. The second-order valence-corrected chi connectivity index (χ2v) is 5.68. The fraction of sp³-hybridized carbons (Fsp3) is 0.333. The monoisotopic (exact) mass is 259 g/mol. The van der Waals surface area contributed by atoms with Crippen molar-refractivity contribution < 1.29 is 4.74 Å². The van der Waals surface area contributed by atoms with Crippen molar-refractivity contribution in [1.29, 1.82) is 0 Å². The van der Waals surface area contributed by atoms with Gasteiger partial charge in [0.2, 0.25) is 0 Å². The number of ether oxygens (including phenoxy) is 1. The largest absolute Gasteiger partial charge is 0.371 e. The van der Waals surface area contributed by atoms with Crippen LogP contribution in [0.2, 0.25) is 0 Å². The Bertz CT molecular complexity index is 549. The van der Waals surface area contributed by atoms with Crippen LogP contribution in [-0.2, 0) is 11.2 Å². The molecule has 3 rings (SSSR count). The lowest BCUT2D eigenvalue weighted by molar-refractivity contribution is 0.0247. The topological polar surface area (TPSA) is 35.2 Å². The Labute approximate surface area is 111 Å². The second kappa shape index (κ2) is 4.84. The summed E-state index contributed by atoms with van der Waals surface area (Å²) in [6.45, 7) is 2.88. The van der Waals surface area contributed by atoms with E-state index in [1.807, 2.05) is 0 Å². The van der Waals surface area contributed by atoms with Gasteiger partial charge in [0.15, 0.2) is 0 Å². The zero-order chi connectivity index (χ0) is 12.5. The molecule has 0 amide bonds. The molecule has 1 aliphatic heterocycles. The Morgan fingerprint density at radius 1 is 1.33 bits per heavy atom. The van der Waals surface area contributed by atoms with Crippen molar-refractivity contribution in [3.05, 3.63) is 57.3 Å². The van der Waals surface area contributed by atoms with Gasteiger partial charge >= 0.3 is 0 Å². The van der Waals surface area contributed by atoms with E-state index in [-0.39, 0.29) is 12.1 Å². The van der Waals surface area contributed by atoms with E-state index in [2.05, 4.69) is 42.6 Å². The van der Waals surface area contributed by atoms with E-state index in [1.54, 1.807) is 11.3 Å². The van der Waals surface area contributed by atoms with Crippen LogP contribution >= 0.6 is 11.3 Å². The molecule has 2 N–H and O–H groups in total. The first-order valence-corrected chi connectivity index (χ1v) is 7.14.